The van der Waals surface area contributed by atoms with E-state index in [0.717, 1.165) is 16.4 Å². The Bertz CT molecular complexity index is 614. The van der Waals surface area contributed by atoms with Gasteiger partial charge < -0.3 is 5.11 Å². The highest BCUT2D eigenvalue weighted by atomic mass is 32.2. The molecule has 104 valence electrons. The lowest BCUT2D eigenvalue weighted by atomic mass is 10.1. The summed E-state index contributed by atoms with van der Waals surface area (Å²) >= 11 is 3.52. The summed E-state index contributed by atoms with van der Waals surface area (Å²) in [6, 6.07) is 12.5. The molecule has 0 spiro atoms. The molecule has 1 aromatic heterocycles. The number of benzene rings is 1. The average Bonchev–Trinajstić information content (AvgIpc) is 2.87. The summed E-state index contributed by atoms with van der Waals surface area (Å²) in [5, 5.41) is 8.59. The summed E-state index contributed by atoms with van der Waals surface area (Å²) in [5.74, 6) is 1.05. The fourth-order valence-electron chi connectivity index (χ4n) is 1.75. The predicted molar refractivity (Wildman–Crippen MR) is 87.2 cm³/mol. The van der Waals surface area contributed by atoms with Crippen LogP contribution in [0.4, 0.5) is 0 Å². The Balaban J connectivity index is 1.86. The summed E-state index contributed by atoms with van der Waals surface area (Å²) in [6.45, 7) is 2.13. The van der Waals surface area contributed by atoms with Crippen molar-refractivity contribution in [2.45, 2.75) is 18.4 Å². The molecule has 0 unspecified atom stereocenters. The van der Waals surface area contributed by atoms with Crippen molar-refractivity contribution in [3.05, 3.63) is 63.4 Å². The molecule has 0 saturated carbocycles. The molecule has 0 aliphatic carbocycles. The van der Waals surface area contributed by atoms with Gasteiger partial charge in [-0.1, -0.05) is 24.3 Å². The van der Waals surface area contributed by atoms with E-state index >= 15 is 0 Å². The number of hydrogen-bond donors (Lipinski definition) is 1. The van der Waals surface area contributed by atoms with Crippen molar-refractivity contribution in [1.82, 2.24) is 0 Å². The maximum absolute atomic E-state index is 10.5. The molecule has 1 N–H and O–H groups in total. The van der Waals surface area contributed by atoms with E-state index in [1.165, 1.54) is 22.1 Å². The van der Waals surface area contributed by atoms with E-state index in [1.54, 1.807) is 17.4 Å². The lowest BCUT2D eigenvalue weighted by Crippen LogP contribution is -1.85. The number of rotatable bonds is 6. The van der Waals surface area contributed by atoms with Crippen LogP contribution in [0.3, 0.4) is 0 Å². The van der Waals surface area contributed by atoms with E-state index in [1.807, 2.05) is 17.8 Å². The van der Waals surface area contributed by atoms with Gasteiger partial charge in [0.2, 0.25) is 0 Å². The monoisotopic (exact) mass is 304 g/mol. The molecule has 0 aliphatic rings. The first-order chi connectivity index (χ1) is 9.65. The first-order valence-corrected chi connectivity index (χ1v) is 8.24. The molecule has 0 saturated heterocycles. The molecule has 0 atom stereocenters. The Morgan fingerprint density at radius 3 is 2.80 bits per heavy atom. The van der Waals surface area contributed by atoms with Gasteiger partial charge in [-0.05, 0) is 36.3 Å². The van der Waals surface area contributed by atoms with Crippen LogP contribution in [-0.2, 0) is 16.3 Å². The molecule has 20 heavy (non-hydrogen) atoms. The van der Waals surface area contributed by atoms with Gasteiger partial charge in [-0.25, -0.2) is 4.79 Å². The Kier molecular flexibility index (Phi) is 5.44. The van der Waals surface area contributed by atoms with E-state index in [9.17, 15) is 4.79 Å². The summed E-state index contributed by atoms with van der Waals surface area (Å²) < 4.78 is 0. The molecule has 0 radical (unpaired) electrons. The molecule has 2 nitrogen and oxygen atoms in total. The lowest BCUT2D eigenvalue weighted by molar-refractivity contribution is -0.131. The van der Waals surface area contributed by atoms with Gasteiger partial charge in [-0.3, -0.25) is 0 Å². The highest BCUT2D eigenvalue weighted by Gasteiger charge is 2.01. The summed E-state index contributed by atoms with van der Waals surface area (Å²) in [5.41, 5.74) is 2.70. The number of thiophene rings is 1. The lowest BCUT2D eigenvalue weighted by Gasteiger charge is -2.04. The quantitative estimate of drug-likeness (QED) is 0.793. The number of hydrogen-bond acceptors (Lipinski definition) is 3. The maximum Gasteiger partial charge on any atom is 0.328 e. The van der Waals surface area contributed by atoms with Crippen molar-refractivity contribution in [3.8, 4) is 0 Å². The Morgan fingerprint density at radius 2 is 2.05 bits per heavy atom. The van der Waals surface area contributed by atoms with Gasteiger partial charge in [0.05, 0.1) is 0 Å². The number of aryl methyl sites for hydroxylation is 1. The van der Waals surface area contributed by atoms with Gasteiger partial charge in [0.15, 0.2) is 0 Å². The standard InChI is InChI=1S/C16H16O2S2/c1-12-4-2-3-5-13(12)10-19-11-15-7-6-14(20-15)8-9-16(17)18/h2-9H,10-11H2,1H3,(H,17,18). The number of thioether (sulfide) groups is 1. The first-order valence-electron chi connectivity index (χ1n) is 6.27. The third-order valence-corrected chi connectivity index (χ3v) is 5.10. The molecule has 4 heteroatoms. The molecule has 1 heterocycles. The molecule has 2 aromatic rings. The SMILES string of the molecule is Cc1ccccc1CSCc1ccc(C=CC(=O)O)s1. The van der Waals surface area contributed by atoms with Crippen molar-refractivity contribution < 1.29 is 9.90 Å². The minimum absolute atomic E-state index is 0.908. The maximum atomic E-state index is 10.5. The van der Waals surface area contributed by atoms with Crippen molar-refractivity contribution in [1.29, 1.82) is 0 Å². The van der Waals surface area contributed by atoms with Gasteiger partial charge in [-0.2, -0.15) is 11.8 Å². The highest BCUT2D eigenvalue weighted by molar-refractivity contribution is 7.97. The second-order valence-electron chi connectivity index (χ2n) is 4.39. The Labute approximate surface area is 127 Å². The normalized spacial score (nSPS) is 11.1. The van der Waals surface area contributed by atoms with Crippen LogP contribution in [0, 0.1) is 6.92 Å². The molecular weight excluding hydrogens is 288 g/mol. The van der Waals surface area contributed by atoms with Gasteiger partial charge >= 0.3 is 5.97 Å². The van der Waals surface area contributed by atoms with E-state index in [4.69, 9.17) is 5.11 Å². The molecule has 0 bridgehead atoms. The van der Waals surface area contributed by atoms with Crippen molar-refractivity contribution in [2.75, 3.05) is 0 Å². The van der Waals surface area contributed by atoms with Crippen LogP contribution in [0.15, 0.2) is 42.5 Å². The number of aliphatic carboxylic acids is 1. The zero-order chi connectivity index (χ0) is 14.4. The second kappa shape index (κ2) is 7.31. The van der Waals surface area contributed by atoms with Crippen molar-refractivity contribution in [2.24, 2.45) is 0 Å². The number of carboxylic acid groups (broad SMARTS) is 1. The molecule has 0 aliphatic heterocycles. The van der Waals surface area contributed by atoms with Crippen LogP contribution in [-0.4, -0.2) is 11.1 Å². The molecule has 0 amide bonds. The predicted octanol–water partition coefficient (Wildman–Crippen LogP) is 4.59. The fraction of sp³-hybridized carbons (Fsp3) is 0.188. The second-order valence-corrected chi connectivity index (χ2v) is 6.58. The van der Waals surface area contributed by atoms with E-state index in [0.29, 0.717) is 0 Å². The molecule has 2 rings (SSSR count). The van der Waals surface area contributed by atoms with Crippen molar-refractivity contribution >= 4 is 35.1 Å². The Morgan fingerprint density at radius 1 is 1.25 bits per heavy atom. The Hall–Kier alpha value is -1.52. The zero-order valence-corrected chi connectivity index (χ0v) is 12.8. The largest absolute Gasteiger partial charge is 0.478 e. The van der Waals surface area contributed by atoms with Crippen LogP contribution in [0.2, 0.25) is 0 Å². The molecule has 1 aromatic carbocycles. The molecule has 0 fully saturated rings. The average molecular weight is 304 g/mol. The van der Waals surface area contributed by atoms with Crippen LogP contribution in [0.1, 0.15) is 20.9 Å². The minimum atomic E-state index is -0.908. The van der Waals surface area contributed by atoms with Crippen molar-refractivity contribution in [3.63, 3.8) is 0 Å². The minimum Gasteiger partial charge on any atom is -0.478 e. The van der Waals surface area contributed by atoms with Gasteiger partial charge in [-0.15, -0.1) is 11.3 Å². The third kappa shape index (κ3) is 4.54. The van der Waals surface area contributed by atoms with Crippen LogP contribution in [0.5, 0.6) is 0 Å². The number of carboxylic acids is 1. The van der Waals surface area contributed by atoms with Gasteiger partial charge in [0.1, 0.15) is 0 Å². The third-order valence-electron chi connectivity index (χ3n) is 2.84. The number of carbonyl (C=O) groups is 1. The summed E-state index contributed by atoms with van der Waals surface area (Å²) in [6.07, 6.45) is 2.82. The van der Waals surface area contributed by atoms with Crippen LogP contribution >= 0.6 is 23.1 Å². The first kappa shape index (κ1) is 14.9. The van der Waals surface area contributed by atoms with E-state index in [2.05, 4.69) is 37.3 Å². The smallest absolute Gasteiger partial charge is 0.328 e. The zero-order valence-electron chi connectivity index (χ0n) is 11.2. The van der Waals surface area contributed by atoms with Gasteiger partial charge in [0.25, 0.3) is 0 Å². The summed E-state index contributed by atoms with van der Waals surface area (Å²) in [4.78, 5) is 12.7. The van der Waals surface area contributed by atoms with Crippen LogP contribution < -0.4 is 0 Å². The fourth-order valence-corrected chi connectivity index (χ4v) is 3.89. The highest BCUT2D eigenvalue weighted by Crippen LogP contribution is 2.25. The summed E-state index contributed by atoms with van der Waals surface area (Å²) in [7, 11) is 0. The van der Waals surface area contributed by atoms with Crippen LogP contribution in [0.25, 0.3) is 6.08 Å². The van der Waals surface area contributed by atoms with E-state index in [-0.39, 0.29) is 0 Å². The molecular formula is C16H16O2S2. The topological polar surface area (TPSA) is 37.3 Å². The van der Waals surface area contributed by atoms with Gasteiger partial charge in [0, 0.05) is 27.3 Å². The van der Waals surface area contributed by atoms with E-state index < -0.39 is 5.97 Å².